The number of carbonyl (C=O) groups is 1. The van der Waals surface area contributed by atoms with Crippen molar-refractivity contribution in [3.05, 3.63) is 22.2 Å². The summed E-state index contributed by atoms with van der Waals surface area (Å²) in [5.41, 5.74) is 0.579. The monoisotopic (exact) mass is 342 g/mol. The van der Waals surface area contributed by atoms with Crippen LogP contribution in [-0.2, 0) is 0 Å². The highest BCUT2D eigenvalue weighted by Gasteiger charge is 2.11. The summed E-state index contributed by atoms with van der Waals surface area (Å²) in [6.45, 7) is 5.33. The first-order valence-electron chi connectivity index (χ1n) is 7.27. The van der Waals surface area contributed by atoms with E-state index in [1.807, 2.05) is 6.92 Å². The summed E-state index contributed by atoms with van der Waals surface area (Å²) >= 11 is 3.44. The smallest absolute Gasteiger partial charge is 0.175 e. The average molecular weight is 343 g/mol. The molecule has 0 aromatic heterocycles. The molecule has 0 spiro atoms. The molecule has 0 bridgehead atoms. The van der Waals surface area contributed by atoms with Gasteiger partial charge in [-0.1, -0.05) is 32.6 Å². The SMILES string of the molecule is CCCCCCCOc1c(Br)cc(C=O)cc1OCC. The van der Waals surface area contributed by atoms with Crippen LogP contribution in [0.3, 0.4) is 0 Å². The molecule has 1 aromatic rings. The fourth-order valence-corrected chi connectivity index (χ4v) is 2.51. The lowest BCUT2D eigenvalue weighted by Gasteiger charge is -2.14. The van der Waals surface area contributed by atoms with E-state index >= 15 is 0 Å². The summed E-state index contributed by atoms with van der Waals surface area (Å²) in [5.74, 6) is 1.31. The van der Waals surface area contributed by atoms with Gasteiger partial charge in [0.1, 0.15) is 6.29 Å². The van der Waals surface area contributed by atoms with Crippen LogP contribution >= 0.6 is 15.9 Å². The van der Waals surface area contributed by atoms with E-state index in [1.165, 1.54) is 25.7 Å². The number of halogens is 1. The topological polar surface area (TPSA) is 35.5 Å². The van der Waals surface area contributed by atoms with Crippen LogP contribution in [0.2, 0.25) is 0 Å². The van der Waals surface area contributed by atoms with E-state index in [1.54, 1.807) is 12.1 Å². The number of hydrogen-bond donors (Lipinski definition) is 0. The Morgan fingerprint density at radius 1 is 1.10 bits per heavy atom. The van der Waals surface area contributed by atoms with Crippen molar-refractivity contribution in [2.45, 2.75) is 46.0 Å². The quantitative estimate of drug-likeness (QED) is 0.442. The molecule has 1 rings (SSSR count). The maximum absolute atomic E-state index is 10.9. The molecule has 0 N–H and O–H groups in total. The molecule has 0 aliphatic rings. The van der Waals surface area contributed by atoms with Gasteiger partial charge in [-0.05, 0) is 41.4 Å². The molecule has 0 heterocycles. The van der Waals surface area contributed by atoms with Gasteiger partial charge in [0.2, 0.25) is 0 Å². The van der Waals surface area contributed by atoms with Crippen LogP contribution < -0.4 is 9.47 Å². The number of unbranched alkanes of at least 4 members (excludes halogenated alkanes) is 4. The lowest BCUT2D eigenvalue weighted by atomic mass is 10.2. The van der Waals surface area contributed by atoms with Crippen molar-refractivity contribution in [2.24, 2.45) is 0 Å². The lowest BCUT2D eigenvalue weighted by Crippen LogP contribution is -2.02. The van der Waals surface area contributed by atoms with E-state index in [0.717, 1.165) is 17.2 Å². The first-order chi connectivity index (χ1) is 9.72. The van der Waals surface area contributed by atoms with Gasteiger partial charge in [0.15, 0.2) is 11.5 Å². The van der Waals surface area contributed by atoms with E-state index in [9.17, 15) is 4.79 Å². The molecule has 20 heavy (non-hydrogen) atoms. The third kappa shape index (κ3) is 5.53. The molecular formula is C16H23BrO3. The van der Waals surface area contributed by atoms with E-state index in [4.69, 9.17) is 9.47 Å². The van der Waals surface area contributed by atoms with Gasteiger partial charge < -0.3 is 9.47 Å². The lowest BCUT2D eigenvalue weighted by molar-refractivity contribution is 0.112. The second kappa shape index (κ2) is 9.81. The fourth-order valence-electron chi connectivity index (χ4n) is 1.94. The molecule has 0 fully saturated rings. The highest BCUT2D eigenvalue weighted by molar-refractivity contribution is 9.10. The zero-order valence-electron chi connectivity index (χ0n) is 12.3. The highest BCUT2D eigenvalue weighted by Crippen LogP contribution is 2.36. The molecule has 112 valence electrons. The second-order valence-corrected chi connectivity index (χ2v) is 5.50. The van der Waals surface area contributed by atoms with Crippen LogP contribution in [-0.4, -0.2) is 19.5 Å². The highest BCUT2D eigenvalue weighted by atomic mass is 79.9. The Hall–Kier alpha value is -1.03. The Kier molecular flexibility index (Phi) is 8.35. The third-order valence-corrected chi connectivity index (χ3v) is 3.55. The number of hydrogen-bond acceptors (Lipinski definition) is 3. The maximum atomic E-state index is 10.9. The predicted octanol–water partition coefficient (Wildman–Crippen LogP) is 5.01. The summed E-state index contributed by atoms with van der Waals surface area (Å²) in [6, 6.07) is 3.47. The fraction of sp³-hybridized carbons (Fsp3) is 0.562. The summed E-state index contributed by atoms with van der Waals surface area (Å²) in [7, 11) is 0. The van der Waals surface area contributed by atoms with Gasteiger partial charge in [-0.3, -0.25) is 4.79 Å². The van der Waals surface area contributed by atoms with Gasteiger partial charge in [0, 0.05) is 5.56 Å². The van der Waals surface area contributed by atoms with Crippen LogP contribution in [0.5, 0.6) is 11.5 Å². The molecule has 0 unspecified atom stereocenters. The average Bonchev–Trinajstić information content (AvgIpc) is 2.44. The molecule has 0 atom stereocenters. The first-order valence-corrected chi connectivity index (χ1v) is 8.06. The molecule has 0 amide bonds. The molecule has 0 saturated heterocycles. The van der Waals surface area contributed by atoms with Gasteiger partial charge in [-0.15, -0.1) is 0 Å². The molecule has 0 aliphatic carbocycles. The first kappa shape index (κ1) is 17.0. The maximum Gasteiger partial charge on any atom is 0.175 e. The summed E-state index contributed by atoms with van der Waals surface area (Å²) in [5, 5.41) is 0. The van der Waals surface area contributed by atoms with Crippen molar-refractivity contribution in [2.75, 3.05) is 13.2 Å². The van der Waals surface area contributed by atoms with Crippen LogP contribution in [0.4, 0.5) is 0 Å². The summed E-state index contributed by atoms with van der Waals surface area (Å²) < 4.78 is 12.1. The zero-order valence-corrected chi connectivity index (χ0v) is 13.9. The predicted molar refractivity (Wildman–Crippen MR) is 85.0 cm³/mol. The Morgan fingerprint density at radius 3 is 2.50 bits per heavy atom. The Labute approximate surface area is 129 Å². The largest absolute Gasteiger partial charge is 0.490 e. The normalized spacial score (nSPS) is 10.3. The van der Waals surface area contributed by atoms with Crippen LogP contribution in [0.15, 0.2) is 16.6 Å². The standard InChI is InChI=1S/C16H23BrO3/c1-3-5-6-7-8-9-20-16-14(17)10-13(12-18)11-15(16)19-4-2/h10-12H,3-9H2,1-2H3. The molecule has 0 aliphatic heterocycles. The van der Waals surface area contributed by atoms with E-state index in [2.05, 4.69) is 22.9 Å². The van der Waals surface area contributed by atoms with E-state index < -0.39 is 0 Å². The van der Waals surface area contributed by atoms with Crippen molar-refractivity contribution in [1.29, 1.82) is 0 Å². The minimum absolute atomic E-state index is 0.543. The van der Waals surface area contributed by atoms with Gasteiger partial charge in [-0.25, -0.2) is 0 Å². The Morgan fingerprint density at radius 2 is 1.85 bits per heavy atom. The van der Waals surface area contributed by atoms with Crippen LogP contribution in [0.25, 0.3) is 0 Å². The van der Waals surface area contributed by atoms with Crippen molar-refractivity contribution < 1.29 is 14.3 Å². The van der Waals surface area contributed by atoms with E-state index in [-0.39, 0.29) is 0 Å². The summed E-state index contributed by atoms with van der Waals surface area (Å²) in [6.07, 6.45) is 6.80. The third-order valence-electron chi connectivity index (χ3n) is 2.96. The number of rotatable bonds is 10. The van der Waals surface area contributed by atoms with E-state index in [0.29, 0.717) is 30.3 Å². The molecule has 0 saturated carbocycles. The minimum atomic E-state index is 0.543. The van der Waals surface area contributed by atoms with Crippen molar-refractivity contribution in [3.8, 4) is 11.5 Å². The minimum Gasteiger partial charge on any atom is -0.490 e. The van der Waals surface area contributed by atoms with Gasteiger partial charge in [-0.2, -0.15) is 0 Å². The zero-order chi connectivity index (χ0) is 14.8. The molecule has 0 radical (unpaired) electrons. The molecular weight excluding hydrogens is 320 g/mol. The Bertz CT molecular complexity index is 418. The van der Waals surface area contributed by atoms with Gasteiger partial charge >= 0.3 is 0 Å². The number of benzene rings is 1. The summed E-state index contributed by atoms with van der Waals surface area (Å²) in [4.78, 5) is 10.9. The molecule has 3 nitrogen and oxygen atoms in total. The molecule has 1 aromatic carbocycles. The number of ether oxygens (including phenoxy) is 2. The second-order valence-electron chi connectivity index (χ2n) is 4.64. The number of carbonyl (C=O) groups excluding carboxylic acids is 1. The van der Waals surface area contributed by atoms with Crippen molar-refractivity contribution in [1.82, 2.24) is 0 Å². The van der Waals surface area contributed by atoms with Crippen molar-refractivity contribution >= 4 is 22.2 Å². The number of aldehydes is 1. The van der Waals surface area contributed by atoms with Crippen molar-refractivity contribution in [3.63, 3.8) is 0 Å². The Balaban J connectivity index is 2.60. The van der Waals surface area contributed by atoms with Gasteiger partial charge in [0.05, 0.1) is 17.7 Å². The van der Waals surface area contributed by atoms with Crippen LogP contribution in [0.1, 0.15) is 56.3 Å². The van der Waals surface area contributed by atoms with Crippen LogP contribution in [0, 0.1) is 0 Å². The van der Waals surface area contributed by atoms with Gasteiger partial charge in [0.25, 0.3) is 0 Å². The molecule has 4 heteroatoms.